The largest absolute Gasteiger partial charge is 0.0616 e. The highest BCUT2D eigenvalue weighted by molar-refractivity contribution is 6.38. The Labute approximate surface area is 164 Å². The van der Waals surface area contributed by atoms with E-state index in [4.69, 9.17) is 0 Å². The third kappa shape index (κ3) is 1.95. The van der Waals surface area contributed by atoms with Gasteiger partial charge in [-0.1, -0.05) is 93.6 Å². The molecule has 28 heavy (non-hydrogen) atoms. The van der Waals surface area contributed by atoms with Gasteiger partial charge in [0.1, 0.15) is 0 Å². The molecule has 0 aliphatic heterocycles. The first-order valence-electron chi connectivity index (χ1n) is 10.1. The zero-order valence-corrected chi connectivity index (χ0v) is 16.5. The Balaban J connectivity index is 2.03. The molecule has 6 rings (SSSR count). The topological polar surface area (TPSA) is 0 Å². The van der Waals surface area contributed by atoms with Crippen molar-refractivity contribution in [2.75, 3.05) is 0 Å². The zero-order chi connectivity index (χ0) is 19.0. The molecule has 0 aliphatic carbocycles. The van der Waals surface area contributed by atoms with Gasteiger partial charge in [0.25, 0.3) is 0 Å². The molecule has 0 amide bonds. The molecule has 6 aromatic rings. The van der Waals surface area contributed by atoms with E-state index in [-0.39, 0.29) is 5.41 Å². The number of benzene rings is 6. The summed E-state index contributed by atoms with van der Waals surface area (Å²) in [7, 11) is 0. The Bertz CT molecular complexity index is 1530. The van der Waals surface area contributed by atoms with Gasteiger partial charge < -0.3 is 0 Å². The highest BCUT2D eigenvalue weighted by Crippen LogP contribution is 2.45. The summed E-state index contributed by atoms with van der Waals surface area (Å²) in [5.74, 6) is 0. The molecule has 134 valence electrons. The average molecular weight is 358 g/mol. The van der Waals surface area contributed by atoms with Crippen LogP contribution in [0, 0.1) is 0 Å². The van der Waals surface area contributed by atoms with Crippen molar-refractivity contribution in [3.05, 3.63) is 84.4 Å². The number of rotatable bonds is 0. The van der Waals surface area contributed by atoms with E-state index >= 15 is 0 Å². The van der Waals surface area contributed by atoms with Gasteiger partial charge in [-0.2, -0.15) is 0 Å². The second-order valence-corrected chi connectivity index (χ2v) is 9.02. The van der Waals surface area contributed by atoms with Crippen LogP contribution in [-0.2, 0) is 5.41 Å². The zero-order valence-electron chi connectivity index (χ0n) is 16.5. The summed E-state index contributed by atoms with van der Waals surface area (Å²) in [6, 6.07) is 29.4. The van der Waals surface area contributed by atoms with Crippen molar-refractivity contribution in [2.45, 2.75) is 26.2 Å². The molecule has 0 heteroatoms. The fourth-order valence-corrected chi connectivity index (χ4v) is 5.12. The van der Waals surface area contributed by atoms with E-state index in [9.17, 15) is 0 Å². The van der Waals surface area contributed by atoms with Crippen LogP contribution in [0.1, 0.15) is 26.3 Å². The second kappa shape index (κ2) is 5.23. The lowest BCUT2D eigenvalue weighted by atomic mass is 9.80. The standard InChI is InChI=1S/C28H22/c1-28(2,3)24-15-14-21-20-11-6-9-18-16-17-8-4-5-10-19(17)27(25(18)20)23-13-7-12-22(24)26(21)23/h4-16H,1-3H3. The Kier molecular flexibility index (Phi) is 2.97. The second-order valence-electron chi connectivity index (χ2n) is 9.02. The lowest BCUT2D eigenvalue weighted by Crippen LogP contribution is -2.11. The summed E-state index contributed by atoms with van der Waals surface area (Å²) in [6.45, 7) is 6.93. The number of hydrogen-bond acceptors (Lipinski definition) is 0. The first-order valence-corrected chi connectivity index (χ1v) is 10.1. The maximum absolute atomic E-state index is 2.35. The molecule has 0 spiro atoms. The molecular weight excluding hydrogens is 336 g/mol. The van der Waals surface area contributed by atoms with Crippen LogP contribution < -0.4 is 0 Å². The van der Waals surface area contributed by atoms with Crippen molar-refractivity contribution in [2.24, 2.45) is 0 Å². The molecule has 0 aliphatic rings. The van der Waals surface area contributed by atoms with Gasteiger partial charge in [0.2, 0.25) is 0 Å². The SMILES string of the molecule is CC(C)(C)c1ccc2c3cccc4cc5ccccc5c(c5cccc1c25)c43. The summed E-state index contributed by atoms with van der Waals surface area (Å²) in [6.07, 6.45) is 0. The molecule has 0 radical (unpaired) electrons. The minimum atomic E-state index is 0.113. The van der Waals surface area contributed by atoms with Crippen molar-refractivity contribution in [3.63, 3.8) is 0 Å². The molecule has 0 nitrogen and oxygen atoms in total. The maximum atomic E-state index is 2.35. The van der Waals surface area contributed by atoms with Gasteiger partial charge in [-0.25, -0.2) is 0 Å². The van der Waals surface area contributed by atoms with Gasteiger partial charge in [-0.3, -0.25) is 0 Å². The Morgan fingerprint density at radius 2 is 1.11 bits per heavy atom. The van der Waals surface area contributed by atoms with E-state index in [1.807, 2.05) is 0 Å². The minimum Gasteiger partial charge on any atom is -0.0616 e. The fourth-order valence-electron chi connectivity index (χ4n) is 5.12. The van der Waals surface area contributed by atoms with Crippen LogP contribution in [0.3, 0.4) is 0 Å². The van der Waals surface area contributed by atoms with Crippen LogP contribution >= 0.6 is 0 Å². The molecule has 0 atom stereocenters. The van der Waals surface area contributed by atoms with E-state index in [2.05, 4.69) is 99.6 Å². The average Bonchev–Trinajstić information content (AvgIpc) is 2.69. The minimum absolute atomic E-state index is 0.113. The molecular formula is C28H22. The molecule has 0 aromatic heterocycles. The van der Waals surface area contributed by atoms with Crippen molar-refractivity contribution in [1.82, 2.24) is 0 Å². The molecule has 0 saturated heterocycles. The predicted molar refractivity (Wildman–Crippen MR) is 124 cm³/mol. The summed E-state index contributed by atoms with van der Waals surface area (Å²) in [5, 5.41) is 13.7. The van der Waals surface area contributed by atoms with E-state index in [1.165, 1.54) is 59.4 Å². The molecule has 0 fully saturated rings. The lowest BCUT2D eigenvalue weighted by molar-refractivity contribution is 0.596. The van der Waals surface area contributed by atoms with Crippen LogP contribution in [-0.4, -0.2) is 0 Å². The van der Waals surface area contributed by atoms with Gasteiger partial charge in [0.15, 0.2) is 0 Å². The Morgan fingerprint density at radius 3 is 1.96 bits per heavy atom. The quantitative estimate of drug-likeness (QED) is 0.190. The van der Waals surface area contributed by atoms with Crippen molar-refractivity contribution in [3.8, 4) is 0 Å². The maximum Gasteiger partial charge on any atom is -0.00141 e. The van der Waals surface area contributed by atoms with Gasteiger partial charge in [-0.15, -0.1) is 0 Å². The number of fused-ring (bicyclic) bond motifs is 4. The van der Waals surface area contributed by atoms with Gasteiger partial charge in [-0.05, 0) is 70.9 Å². The van der Waals surface area contributed by atoms with Gasteiger partial charge in [0.05, 0.1) is 0 Å². The van der Waals surface area contributed by atoms with Crippen LogP contribution in [0.25, 0.3) is 53.9 Å². The highest BCUT2D eigenvalue weighted by atomic mass is 14.2. The van der Waals surface area contributed by atoms with Crippen molar-refractivity contribution >= 4 is 53.9 Å². The van der Waals surface area contributed by atoms with Gasteiger partial charge >= 0.3 is 0 Å². The molecule has 0 N–H and O–H groups in total. The molecule has 0 unspecified atom stereocenters. The third-order valence-corrected chi connectivity index (χ3v) is 6.30. The van der Waals surface area contributed by atoms with E-state index in [0.717, 1.165) is 0 Å². The highest BCUT2D eigenvalue weighted by Gasteiger charge is 2.21. The Hall–Kier alpha value is -3.12. The Morgan fingerprint density at radius 1 is 0.464 bits per heavy atom. The number of hydrogen-bond donors (Lipinski definition) is 0. The van der Waals surface area contributed by atoms with E-state index < -0.39 is 0 Å². The summed E-state index contributed by atoms with van der Waals surface area (Å²) in [5.41, 5.74) is 1.53. The first kappa shape index (κ1) is 15.9. The van der Waals surface area contributed by atoms with Crippen LogP contribution in [0.15, 0.2) is 78.9 Å². The van der Waals surface area contributed by atoms with Crippen molar-refractivity contribution in [1.29, 1.82) is 0 Å². The summed E-state index contributed by atoms with van der Waals surface area (Å²) in [4.78, 5) is 0. The molecule has 0 bridgehead atoms. The van der Waals surface area contributed by atoms with Crippen LogP contribution in [0.2, 0.25) is 0 Å². The molecule has 0 saturated carbocycles. The molecule has 6 aromatic carbocycles. The monoisotopic (exact) mass is 358 g/mol. The van der Waals surface area contributed by atoms with E-state index in [1.54, 1.807) is 0 Å². The fraction of sp³-hybridized carbons (Fsp3) is 0.143. The van der Waals surface area contributed by atoms with Crippen molar-refractivity contribution < 1.29 is 0 Å². The predicted octanol–water partition coefficient (Wildman–Crippen LogP) is 8.19. The smallest absolute Gasteiger partial charge is 0.00141 e. The summed E-state index contributed by atoms with van der Waals surface area (Å²) < 4.78 is 0. The van der Waals surface area contributed by atoms with Crippen LogP contribution in [0.4, 0.5) is 0 Å². The molecule has 0 heterocycles. The third-order valence-electron chi connectivity index (χ3n) is 6.30. The van der Waals surface area contributed by atoms with Crippen LogP contribution in [0.5, 0.6) is 0 Å². The van der Waals surface area contributed by atoms with Gasteiger partial charge in [0, 0.05) is 0 Å². The summed E-state index contributed by atoms with van der Waals surface area (Å²) >= 11 is 0. The van der Waals surface area contributed by atoms with E-state index in [0.29, 0.717) is 0 Å². The first-order chi connectivity index (χ1) is 13.5. The lowest BCUT2D eigenvalue weighted by Gasteiger charge is -2.24. The normalized spacial score (nSPS) is 12.8.